The van der Waals surface area contributed by atoms with Gasteiger partial charge in [-0.05, 0) is 37.5 Å². The Kier molecular flexibility index (Phi) is 3.93. The van der Waals surface area contributed by atoms with Gasteiger partial charge in [-0.2, -0.15) is 0 Å². The number of nitrogens with one attached hydrogen (secondary N) is 2. The fourth-order valence-corrected chi connectivity index (χ4v) is 4.20. The monoisotopic (exact) mass is 377 g/mol. The van der Waals surface area contributed by atoms with Crippen LogP contribution >= 0.6 is 0 Å². The van der Waals surface area contributed by atoms with E-state index in [4.69, 9.17) is 4.74 Å². The lowest BCUT2D eigenvalue weighted by molar-refractivity contribution is -0.0356. The van der Waals surface area contributed by atoms with E-state index in [0.717, 1.165) is 41.3 Å². The Labute approximate surface area is 161 Å². The number of fused-ring (bicyclic) bond motifs is 2. The zero-order valence-electron chi connectivity index (χ0n) is 15.2. The van der Waals surface area contributed by atoms with E-state index in [0.29, 0.717) is 12.2 Å². The summed E-state index contributed by atoms with van der Waals surface area (Å²) in [5.74, 6) is 0.204. The van der Waals surface area contributed by atoms with Crippen molar-refractivity contribution in [3.05, 3.63) is 66.2 Å². The predicted molar refractivity (Wildman–Crippen MR) is 105 cm³/mol. The SMILES string of the molecule is O=C(Nc1cccc2cnccc12)NC1CC2(CCC2)Oc2cc(F)ccc21. The van der Waals surface area contributed by atoms with Crippen molar-refractivity contribution in [1.82, 2.24) is 10.3 Å². The van der Waals surface area contributed by atoms with Gasteiger partial charge in [0.2, 0.25) is 0 Å². The molecule has 2 heterocycles. The topological polar surface area (TPSA) is 63.2 Å². The second-order valence-corrected chi connectivity index (χ2v) is 7.58. The van der Waals surface area contributed by atoms with Crippen molar-refractivity contribution in [2.24, 2.45) is 0 Å². The second-order valence-electron chi connectivity index (χ2n) is 7.58. The lowest BCUT2D eigenvalue weighted by atomic mass is 9.73. The van der Waals surface area contributed by atoms with Crippen LogP contribution in [0.25, 0.3) is 10.8 Å². The maximum atomic E-state index is 13.7. The highest BCUT2D eigenvalue weighted by Crippen LogP contribution is 2.48. The van der Waals surface area contributed by atoms with Gasteiger partial charge in [0.1, 0.15) is 17.2 Å². The third-order valence-corrected chi connectivity index (χ3v) is 5.75. The number of urea groups is 1. The zero-order valence-corrected chi connectivity index (χ0v) is 15.2. The molecule has 1 aromatic heterocycles. The van der Waals surface area contributed by atoms with Crippen LogP contribution in [0.4, 0.5) is 14.9 Å². The van der Waals surface area contributed by atoms with Gasteiger partial charge in [0, 0.05) is 41.2 Å². The maximum Gasteiger partial charge on any atom is 0.319 e. The number of benzene rings is 2. The largest absolute Gasteiger partial charge is 0.487 e. The van der Waals surface area contributed by atoms with E-state index < -0.39 is 0 Å². The van der Waals surface area contributed by atoms with Gasteiger partial charge in [-0.1, -0.05) is 18.2 Å². The number of ether oxygens (including phenoxy) is 1. The molecule has 1 atom stereocenters. The highest BCUT2D eigenvalue weighted by molar-refractivity contribution is 6.01. The smallest absolute Gasteiger partial charge is 0.319 e. The van der Waals surface area contributed by atoms with Crippen LogP contribution in [0.15, 0.2) is 54.9 Å². The molecule has 0 bridgehead atoms. The summed E-state index contributed by atoms with van der Waals surface area (Å²) in [5, 5.41) is 7.90. The molecule has 1 aliphatic carbocycles. The van der Waals surface area contributed by atoms with Gasteiger partial charge in [0.05, 0.1) is 11.7 Å². The Hall–Kier alpha value is -3.15. The van der Waals surface area contributed by atoms with Gasteiger partial charge in [0.25, 0.3) is 0 Å². The van der Waals surface area contributed by atoms with Gasteiger partial charge in [0.15, 0.2) is 0 Å². The molecule has 5 nitrogen and oxygen atoms in total. The molecule has 5 rings (SSSR count). The minimum atomic E-state index is -0.331. The number of carbonyl (C=O) groups excluding carboxylic acids is 1. The summed E-state index contributed by atoms with van der Waals surface area (Å²) in [6.07, 6.45) is 7.11. The van der Waals surface area contributed by atoms with Crippen molar-refractivity contribution >= 4 is 22.5 Å². The third-order valence-electron chi connectivity index (χ3n) is 5.75. The molecule has 3 aromatic rings. The second kappa shape index (κ2) is 6.48. The summed E-state index contributed by atoms with van der Waals surface area (Å²) < 4.78 is 19.8. The molecule has 2 amide bonds. The number of amides is 2. The molecule has 1 aliphatic heterocycles. The highest BCUT2D eigenvalue weighted by atomic mass is 19.1. The molecule has 0 saturated heterocycles. The molecule has 1 fully saturated rings. The first-order valence-electron chi connectivity index (χ1n) is 9.51. The van der Waals surface area contributed by atoms with Crippen molar-refractivity contribution < 1.29 is 13.9 Å². The van der Waals surface area contributed by atoms with Gasteiger partial charge in [-0.15, -0.1) is 0 Å². The molecular weight excluding hydrogens is 357 g/mol. The molecule has 2 N–H and O–H groups in total. The van der Waals surface area contributed by atoms with Gasteiger partial charge < -0.3 is 15.4 Å². The van der Waals surface area contributed by atoms with Crippen LogP contribution in [0.2, 0.25) is 0 Å². The molecule has 2 aromatic carbocycles. The first-order valence-corrected chi connectivity index (χ1v) is 9.51. The van der Waals surface area contributed by atoms with Crippen LogP contribution in [0.3, 0.4) is 0 Å². The first kappa shape index (κ1) is 17.0. The van der Waals surface area contributed by atoms with Crippen molar-refractivity contribution in [1.29, 1.82) is 0 Å². The number of pyridine rings is 1. The average molecular weight is 377 g/mol. The van der Waals surface area contributed by atoms with E-state index in [1.54, 1.807) is 18.5 Å². The Morgan fingerprint density at radius 3 is 2.93 bits per heavy atom. The number of hydrogen-bond acceptors (Lipinski definition) is 3. The number of hydrogen-bond donors (Lipinski definition) is 2. The highest BCUT2D eigenvalue weighted by Gasteiger charge is 2.46. The van der Waals surface area contributed by atoms with Crippen LogP contribution in [0.5, 0.6) is 5.75 Å². The molecule has 1 saturated carbocycles. The molecule has 2 aliphatic rings. The maximum absolute atomic E-state index is 13.7. The molecule has 1 spiro atoms. The number of anilines is 1. The summed E-state index contributed by atoms with van der Waals surface area (Å²) >= 11 is 0. The fourth-order valence-electron chi connectivity index (χ4n) is 4.20. The van der Waals surface area contributed by atoms with Crippen molar-refractivity contribution in [2.75, 3.05) is 5.32 Å². The molecule has 142 valence electrons. The normalized spacial score (nSPS) is 19.4. The predicted octanol–water partition coefficient (Wildman–Crippen LogP) is 4.94. The van der Waals surface area contributed by atoms with E-state index in [2.05, 4.69) is 15.6 Å². The summed E-state index contributed by atoms with van der Waals surface area (Å²) in [7, 11) is 0. The van der Waals surface area contributed by atoms with Crippen LogP contribution in [0, 0.1) is 5.82 Å². The zero-order chi connectivity index (χ0) is 19.1. The Morgan fingerprint density at radius 2 is 2.11 bits per heavy atom. The van der Waals surface area contributed by atoms with E-state index in [-0.39, 0.29) is 23.5 Å². The van der Waals surface area contributed by atoms with E-state index in [1.165, 1.54) is 12.1 Å². The Morgan fingerprint density at radius 1 is 1.21 bits per heavy atom. The van der Waals surface area contributed by atoms with E-state index in [9.17, 15) is 9.18 Å². The minimum absolute atomic E-state index is 0.221. The van der Waals surface area contributed by atoms with Crippen LogP contribution in [-0.2, 0) is 0 Å². The Balaban J connectivity index is 1.40. The lowest BCUT2D eigenvalue weighted by Gasteiger charge is -2.48. The van der Waals surface area contributed by atoms with Crippen molar-refractivity contribution in [3.8, 4) is 5.75 Å². The van der Waals surface area contributed by atoms with Crippen LogP contribution in [0.1, 0.15) is 37.3 Å². The molecule has 6 heteroatoms. The summed E-state index contributed by atoms with van der Waals surface area (Å²) in [4.78, 5) is 16.9. The summed E-state index contributed by atoms with van der Waals surface area (Å²) in [6, 6.07) is 11.6. The van der Waals surface area contributed by atoms with E-state index >= 15 is 0 Å². The summed E-state index contributed by atoms with van der Waals surface area (Å²) in [6.45, 7) is 0. The number of carbonyl (C=O) groups is 1. The van der Waals surface area contributed by atoms with Crippen LogP contribution < -0.4 is 15.4 Å². The standard InChI is InChI=1S/C22H20FN3O2/c23-15-5-6-17-19(12-22(8-2-9-22)28-20(17)11-15)26-21(27)25-18-4-1-3-14-13-24-10-7-16(14)18/h1,3-7,10-11,13,19H,2,8-9,12H2,(H2,25,26,27). The fraction of sp³-hybridized carbons (Fsp3) is 0.273. The van der Waals surface area contributed by atoms with E-state index in [1.807, 2.05) is 24.3 Å². The minimum Gasteiger partial charge on any atom is -0.487 e. The van der Waals surface area contributed by atoms with Gasteiger partial charge in [-0.3, -0.25) is 4.98 Å². The van der Waals surface area contributed by atoms with Gasteiger partial charge >= 0.3 is 6.03 Å². The molecular formula is C22H20FN3O2. The molecule has 0 radical (unpaired) electrons. The number of rotatable bonds is 2. The molecule has 28 heavy (non-hydrogen) atoms. The Bertz CT molecular complexity index is 1060. The number of halogens is 1. The number of aromatic nitrogens is 1. The van der Waals surface area contributed by atoms with Crippen LogP contribution in [-0.4, -0.2) is 16.6 Å². The number of nitrogens with zero attached hydrogens (tertiary/aromatic N) is 1. The average Bonchev–Trinajstić information content (AvgIpc) is 2.66. The quantitative estimate of drug-likeness (QED) is 0.665. The first-order chi connectivity index (χ1) is 13.6. The molecule has 1 unspecified atom stereocenters. The lowest BCUT2D eigenvalue weighted by Crippen LogP contribution is -2.50. The van der Waals surface area contributed by atoms with Crippen molar-refractivity contribution in [2.45, 2.75) is 37.3 Å². The third kappa shape index (κ3) is 2.95. The summed E-state index contributed by atoms with van der Waals surface area (Å²) in [5.41, 5.74) is 1.25. The van der Waals surface area contributed by atoms with Gasteiger partial charge in [-0.25, -0.2) is 9.18 Å². The van der Waals surface area contributed by atoms with Crippen molar-refractivity contribution in [3.63, 3.8) is 0 Å².